The maximum atomic E-state index is 8.70. The first-order valence-electron chi connectivity index (χ1n) is 4.36. The molecule has 0 atom stereocenters. The molecule has 0 saturated carbocycles. The van der Waals surface area contributed by atoms with Gasteiger partial charge in [0.25, 0.3) is 0 Å². The summed E-state index contributed by atoms with van der Waals surface area (Å²) >= 11 is 5.92. The van der Waals surface area contributed by atoms with Gasteiger partial charge >= 0.3 is 0 Å². The van der Waals surface area contributed by atoms with Crippen LogP contribution >= 0.6 is 24.0 Å². The van der Waals surface area contributed by atoms with E-state index in [1.807, 2.05) is 6.07 Å². The molecule has 0 aliphatic carbocycles. The van der Waals surface area contributed by atoms with Gasteiger partial charge in [-0.15, -0.1) is 12.4 Å². The van der Waals surface area contributed by atoms with Gasteiger partial charge in [-0.3, -0.25) is 0 Å². The van der Waals surface area contributed by atoms with Gasteiger partial charge < -0.3 is 10.1 Å². The van der Waals surface area contributed by atoms with Gasteiger partial charge in [0.2, 0.25) is 0 Å². The third kappa shape index (κ3) is 2.75. The van der Waals surface area contributed by atoms with Crippen LogP contribution in [0.25, 0.3) is 0 Å². The number of nitrogens with one attached hydrogen (secondary N) is 1. The van der Waals surface area contributed by atoms with Crippen LogP contribution in [0, 0.1) is 11.3 Å². The van der Waals surface area contributed by atoms with Crippen LogP contribution in [-0.4, -0.2) is 19.2 Å². The number of halogens is 2. The molecule has 5 heteroatoms. The highest BCUT2D eigenvalue weighted by atomic mass is 35.5. The van der Waals surface area contributed by atoms with Gasteiger partial charge in [0.15, 0.2) is 0 Å². The third-order valence-electron chi connectivity index (χ3n) is 2.10. The summed E-state index contributed by atoms with van der Waals surface area (Å²) in [6.45, 7) is 1.68. The van der Waals surface area contributed by atoms with Crippen LogP contribution < -0.4 is 10.1 Å². The van der Waals surface area contributed by atoms with E-state index in [1.54, 1.807) is 18.2 Å². The molecule has 2 rings (SSSR count). The fraction of sp³-hybridized carbons (Fsp3) is 0.300. The van der Waals surface area contributed by atoms with E-state index in [0.29, 0.717) is 16.3 Å². The summed E-state index contributed by atoms with van der Waals surface area (Å²) in [6, 6.07) is 7.07. The van der Waals surface area contributed by atoms with Crippen LogP contribution in [0.3, 0.4) is 0 Å². The molecule has 1 N–H and O–H groups in total. The van der Waals surface area contributed by atoms with E-state index in [1.165, 1.54) is 0 Å². The highest BCUT2D eigenvalue weighted by Gasteiger charge is 2.19. The summed E-state index contributed by atoms with van der Waals surface area (Å²) < 4.78 is 5.58. The predicted molar refractivity (Wildman–Crippen MR) is 60.7 cm³/mol. The van der Waals surface area contributed by atoms with Gasteiger partial charge in [-0.25, -0.2) is 0 Å². The Bertz CT molecular complexity index is 385. The number of rotatable bonds is 2. The summed E-state index contributed by atoms with van der Waals surface area (Å²) in [4.78, 5) is 0. The molecule has 15 heavy (non-hydrogen) atoms. The quantitative estimate of drug-likeness (QED) is 0.866. The monoisotopic (exact) mass is 244 g/mol. The number of nitriles is 1. The number of benzene rings is 1. The zero-order valence-electron chi connectivity index (χ0n) is 7.87. The van der Waals surface area contributed by atoms with E-state index in [0.717, 1.165) is 13.1 Å². The van der Waals surface area contributed by atoms with Crippen molar-refractivity contribution in [2.75, 3.05) is 13.1 Å². The predicted octanol–water partition coefficient (Wildman–Crippen LogP) is 1.98. The van der Waals surface area contributed by atoms with E-state index in [9.17, 15) is 0 Å². The van der Waals surface area contributed by atoms with Crippen LogP contribution in [-0.2, 0) is 0 Å². The van der Waals surface area contributed by atoms with Crippen LogP contribution in [0.4, 0.5) is 0 Å². The van der Waals surface area contributed by atoms with E-state index in [-0.39, 0.29) is 18.5 Å². The molecule has 0 spiro atoms. The molecule has 0 bridgehead atoms. The van der Waals surface area contributed by atoms with Crippen molar-refractivity contribution >= 4 is 24.0 Å². The minimum atomic E-state index is 0. The molecule has 1 aliphatic rings. The van der Waals surface area contributed by atoms with Crippen molar-refractivity contribution in [2.45, 2.75) is 6.10 Å². The first kappa shape index (κ1) is 12.1. The van der Waals surface area contributed by atoms with Crippen molar-refractivity contribution in [3.8, 4) is 11.8 Å². The topological polar surface area (TPSA) is 45.0 Å². The summed E-state index contributed by atoms with van der Waals surface area (Å²) in [5, 5.41) is 12.3. The Morgan fingerprint density at radius 1 is 1.47 bits per heavy atom. The molecule has 0 radical (unpaired) electrons. The Morgan fingerprint density at radius 3 is 2.73 bits per heavy atom. The second-order valence-corrected chi connectivity index (χ2v) is 3.56. The smallest absolute Gasteiger partial charge is 0.139 e. The maximum Gasteiger partial charge on any atom is 0.139 e. The average molecular weight is 245 g/mol. The molecule has 1 heterocycles. The molecule has 1 aromatic carbocycles. The molecule has 1 aromatic rings. The SMILES string of the molecule is Cl.N#Cc1ccc(Cl)c(OC2CNC2)c1. The molecule has 80 valence electrons. The van der Waals surface area contributed by atoms with Crippen molar-refractivity contribution < 1.29 is 4.74 Å². The van der Waals surface area contributed by atoms with Crippen molar-refractivity contribution in [3.63, 3.8) is 0 Å². The van der Waals surface area contributed by atoms with E-state index in [4.69, 9.17) is 21.6 Å². The summed E-state index contributed by atoms with van der Waals surface area (Å²) in [5.74, 6) is 0.595. The van der Waals surface area contributed by atoms with E-state index in [2.05, 4.69) is 5.32 Å². The number of nitrogens with zero attached hydrogens (tertiary/aromatic N) is 1. The lowest BCUT2D eigenvalue weighted by Crippen LogP contribution is -2.50. The third-order valence-corrected chi connectivity index (χ3v) is 2.41. The van der Waals surface area contributed by atoms with Crippen LogP contribution in [0.1, 0.15) is 5.56 Å². The Hall–Kier alpha value is -0.950. The Kier molecular flexibility index (Phi) is 4.22. The van der Waals surface area contributed by atoms with E-state index >= 15 is 0 Å². The molecule has 3 nitrogen and oxygen atoms in total. The zero-order chi connectivity index (χ0) is 9.97. The summed E-state index contributed by atoms with van der Waals surface area (Å²) in [6.07, 6.45) is 0.182. The molecule has 1 saturated heterocycles. The molecule has 1 aliphatic heterocycles. The number of hydrogen-bond acceptors (Lipinski definition) is 3. The van der Waals surface area contributed by atoms with Crippen molar-refractivity contribution in [1.29, 1.82) is 5.26 Å². The van der Waals surface area contributed by atoms with Crippen LogP contribution in [0.5, 0.6) is 5.75 Å². The first-order valence-corrected chi connectivity index (χ1v) is 4.74. The van der Waals surface area contributed by atoms with E-state index < -0.39 is 0 Å². The molecule has 0 amide bonds. The standard InChI is InChI=1S/C10H9ClN2O.ClH/c11-9-2-1-7(4-12)3-10(9)14-8-5-13-6-8;/h1-3,8,13H,5-6H2;1H. The van der Waals surface area contributed by atoms with Gasteiger partial charge in [0.05, 0.1) is 16.7 Å². The fourth-order valence-electron chi connectivity index (χ4n) is 1.19. The van der Waals surface area contributed by atoms with Crippen molar-refractivity contribution in [3.05, 3.63) is 28.8 Å². The Balaban J connectivity index is 0.00000112. The highest BCUT2D eigenvalue weighted by molar-refractivity contribution is 6.32. The summed E-state index contributed by atoms with van der Waals surface area (Å²) in [5.41, 5.74) is 0.566. The largest absolute Gasteiger partial charge is 0.486 e. The average Bonchev–Trinajstić information content (AvgIpc) is 2.14. The van der Waals surface area contributed by atoms with Crippen LogP contribution in [0.2, 0.25) is 5.02 Å². The van der Waals surface area contributed by atoms with Gasteiger partial charge in [-0.2, -0.15) is 5.26 Å². The van der Waals surface area contributed by atoms with Crippen LogP contribution in [0.15, 0.2) is 18.2 Å². The second kappa shape index (κ2) is 5.22. The Labute approximate surface area is 99.4 Å². The summed E-state index contributed by atoms with van der Waals surface area (Å²) in [7, 11) is 0. The first-order chi connectivity index (χ1) is 6.79. The second-order valence-electron chi connectivity index (χ2n) is 3.16. The normalized spacial score (nSPS) is 14.7. The molecule has 1 fully saturated rings. The van der Waals surface area contributed by atoms with Gasteiger partial charge in [0.1, 0.15) is 11.9 Å². The van der Waals surface area contributed by atoms with Gasteiger partial charge in [-0.05, 0) is 18.2 Å². The van der Waals surface area contributed by atoms with Crippen molar-refractivity contribution in [2.24, 2.45) is 0 Å². The minimum Gasteiger partial charge on any atom is -0.486 e. The fourth-order valence-corrected chi connectivity index (χ4v) is 1.35. The molecule has 0 unspecified atom stereocenters. The lowest BCUT2D eigenvalue weighted by molar-refractivity contribution is 0.142. The Morgan fingerprint density at radius 2 is 2.20 bits per heavy atom. The minimum absolute atomic E-state index is 0. The lowest BCUT2D eigenvalue weighted by Gasteiger charge is -2.28. The maximum absolute atomic E-state index is 8.70. The van der Waals surface area contributed by atoms with Gasteiger partial charge in [0, 0.05) is 13.1 Å². The lowest BCUT2D eigenvalue weighted by atomic mass is 10.2. The highest BCUT2D eigenvalue weighted by Crippen LogP contribution is 2.26. The number of ether oxygens (including phenoxy) is 1. The number of hydrogen-bond donors (Lipinski definition) is 1. The molecule has 0 aromatic heterocycles. The van der Waals surface area contributed by atoms with Crippen molar-refractivity contribution in [1.82, 2.24) is 5.32 Å². The molecular weight excluding hydrogens is 235 g/mol. The molecular formula is C10H10Cl2N2O. The van der Waals surface area contributed by atoms with Gasteiger partial charge in [-0.1, -0.05) is 11.6 Å². The zero-order valence-corrected chi connectivity index (χ0v) is 9.44.